The van der Waals surface area contributed by atoms with Gasteiger partial charge in [0.1, 0.15) is 12.4 Å². The SMILES string of the molecule is COCCOCC(=O)c1ccc(OC)c(Cl)c1. The highest BCUT2D eigenvalue weighted by Crippen LogP contribution is 2.25. The maximum Gasteiger partial charge on any atom is 0.188 e. The van der Waals surface area contributed by atoms with E-state index in [1.807, 2.05) is 0 Å². The molecule has 0 radical (unpaired) electrons. The molecule has 1 aromatic rings. The monoisotopic (exact) mass is 258 g/mol. The summed E-state index contributed by atoms with van der Waals surface area (Å²) in [4.78, 5) is 11.7. The molecule has 0 saturated heterocycles. The Balaban J connectivity index is 2.54. The number of carbonyl (C=O) groups excluding carboxylic acids is 1. The summed E-state index contributed by atoms with van der Waals surface area (Å²) in [5.41, 5.74) is 0.508. The molecule has 0 N–H and O–H groups in total. The molecule has 0 aliphatic heterocycles. The average Bonchev–Trinajstić information content (AvgIpc) is 2.34. The van der Waals surface area contributed by atoms with E-state index in [1.165, 1.54) is 7.11 Å². The van der Waals surface area contributed by atoms with Gasteiger partial charge in [0.25, 0.3) is 0 Å². The second-order valence-electron chi connectivity index (χ2n) is 3.32. The van der Waals surface area contributed by atoms with E-state index in [9.17, 15) is 4.79 Å². The molecule has 17 heavy (non-hydrogen) atoms. The average molecular weight is 259 g/mol. The van der Waals surface area contributed by atoms with Crippen LogP contribution in [0.15, 0.2) is 18.2 Å². The lowest BCUT2D eigenvalue weighted by Crippen LogP contribution is -2.12. The van der Waals surface area contributed by atoms with Crippen LogP contribution in [0.2, 0.25) is 5.02 Å². The summed E-state index contributed by atoms with van der Waals surface area (Å²) in [5.74, 6) is 0.425. The van der Waals surface area contributed by atoms with Crippen molar-refractivity contribution >= 4 is 17.4 Å². The zero-order valence-corrected chi connectivity index (χ0v) is 10.6. The normalized spacial score (nSPS) is 10.3. The number of carbonyl (C=O) groups is 1. The number of halogens is 1. The molecule has 5 heteroatoms. The second kappa shape index (κ2) is 7.27. The van der Waals surface area contributed by atoms with Crippen LogP contribution in [0, 0.1) is 0 Å². The van der Waals surface area contributed by atoms with Crippen molar-refractivity contribution in [3.05, 3.63) is 28.8 Å². The van der Waals surface area contributed by atoms with Crippen LogP contribution >= 0.6 is 11.6 Å². The van der Waals surface area contributed by atoms with Crippen LogP contribution in [0.1, 0.15) is 10.4 Å². The van der Waals surface area contributed by atoms with E-state index in [0.29, 0.717) is 29.5 Å². The number of rotatable bonds is 7. The van der Waals surface area contributed by atoms with Gasteiger partial charge in [0.05, 0.1) is 25.3 Å². The molecular weight excluding hydrogens is 244 g/mol. The molecule has 1 aromatic carbocycles. The smallest absolute Gasteiger partial charge is 0.188 e. The molecule has 0 atom stereocenters. The third-order valence-corrected chi connectivity index (χ3v) is 2.43. The van der Waals surface area contributed by atoms with Gasteiger partial charge in [0.15, 0.2) is 5.78 Å². The Hall–Kier alpha value is -1.10. The van der Waals surface area contributed by atoms with E-state index >= 15 is 0 Å². The van der Waals surface area contributed by atoms with Crippen molar-refractivity contribution in [2.45, 2.75) is 0 Å². The van der Waals surface area contributed by atoms with Crippen molar-refractivity contribution in [2.24, 2.45) is 0 Å². The molecule has 0 heterocycles. The molecule has 0 amide bonds. The third kappa shape index (κ3) is 4.34. The third-order valence-electron chi connectivity index (χ3n) is 2.14. The lowest BCUT2D eigenvalue weighted by Gasteiger charge is -2.06. The highest BCUT2D eigenvalue weighted by atomic mass is 35.5. The summed E-state index contributed by atoms with van der Waals surface area (Å²) < 4.78 is 14.9. The van der Waals surface area contributed by atoms with Gasteiger partial charge < -0.3 is 14.2 Å². The lowest BCUT2D eigenvalue weighted by molar-refractivity contribution is 0.0577. The van der Waals surface area contributed by atoms with E-state index < -0.39 is 0 Å². The fourth-order valence-corrected chi connectivity index (χ4v) is 1.49. The molecule has 4 nitrogen and oxygen atoms in total. The summed E-state index contributed by atoms with van der Waals surface area (Å²) in [7, 11) is 3.10. The van der Waals surface area contributed by atoms with Crippen LogP contribution in [-0.4, -0.2) is 39.8 Å². The van der Waals surface area contributed by atoms with Gasteiger partial charge in [-0.1, -0.05) is 11.6 Å². The fraction of sp³-hybridized carbons (Fsp3) is 0.417. The first kappa shape index (κ1) is 14.0. The highest BCUT2D eigenvalue weighted by molar-refractivity contribution is 6.32. The van der Waals surface area contributed by atoms with Crippen molar-refractivity contribution < 1.29 is 19.0 Å². The largest absolute Gasteiger partial charge is 0.495 e. The minimum Gasteiger partial charge on any atom is -0.495 e. The van der Waals surface area contributed by atoms with Gasteiger partial charge in [0.2, 0.25) is 0 Å². The molecule has 1 rings (SSSR count). The standard InChI is InChI=1S/C12H15ClO4/c1-15-5-6-17-8-11(14)9-3-4-12(16-2)10(13)7-9/h3-4,7H,5-6,8H2,1-2H3. The van der Waals surface area contributed by atoms with Gasteiger partial charge in [-0.05, 0) is 18.2 Å². The first-order chi connectivity index (χ1) is 8.19. The quantitative estimate of drug-likeness (QED) is 0.556. The number of hydrogen-bond acceptors (Lipinski definition) is 4. The Morgan fingerprint density at radius 3 is 2.65 bits per heavy atom. The highest BCUT2D eigenvalue weighted by Gasteiger charge is 2.09. The number of ether oxygens (including phenoxy) is 3. The molecule has 0 saturated carbocycles. The molecule has 0 aliphatic carbocycles. The van der Waals surface area contributed by atoms with E-state index in [4.69, 9.17) is 25.8 Å². The van der Waals surface area contributed by atoms with E-state index in [-0.39, 0.29) is 12.4 Å². The van der Waals surface area contributed by atoms with Crippen LogP contribution < -0.4 is 4.74 Å². The summed E-state index contributed by atoms with van der Waals surface area (Å²) in [6, 6.07) is 4.89. The van der Waals surface area contributed by atoms with Crippen LogP contribution in [-0.2, 0) is 9.47 Å². The topological polar surface area (TPSA) is 44.8 Å². The molecule has 0 bridgehead atoms. The van der Waals surface area contributed by atoms with E-state index in [0.717, 1.165) is 0 Å². The summed E-state index contributed by atoms with van der Waals surface area (Å²) in [5, 5.41) is 0.412. The summed E-state index contributed by atoms with van der Waals surface area (Å²) in [6.07, 6.45) is 0. The second-order valence-corrected chi connectivity index (χ2v) is 3.73. The van der Waals surface area contributed by atoms with Crippen LogP contribution in [0.4, 0.5) is 0 Å². The molecule has 0 aliphatic rings. The van der Waals surface area contributed by atoms with Gasteiger partial charge >= 0.3 is 0 Å². The number of benzene rings is 1. The molecule has 0 fully saturated rings. The van der Waals surface area contributed by atoms with Crippen LogP contribution in [0.3, 0.4) is 0 Å². The van der Waals surface area contributed by atoms with E-state index in [2.05, 4.69) is 0 Å². The van der Waals surface area contributed by atoms with Gasteiger partial charge in [-0.3, -0.25) is 4.79 Å². The maximum atomic E-state index is 11.7. The minimum atomic E-state index is -0.120. The zero-order chi connectivity index (χ0) is 12.7. The molecular formula is C12H15ClO4. The number of methoxy groups -OCH3 is 2. The van der Waals surface area contributed by atoms with Crippen molar-refractivity contribution in [1.29, 1.82) is 0 Å². The number of Topliss-reactive ketones (excluding diaryl/α,β-unsaturated/α-hetero) is 1. The molecule has 0 unspecified atom stereocenters. The summed E-state index contributed by atoms with van der Waals surface area (Å²) in [6.45, 7) is 0.884. The summed E-state index contributed by atoms with van der Waals surface area (Å²) >= 11 is 5.92. The predicted molar refractivity (Wildman–Crippen MR) is 65.0 cm³/mol. The van der Waals surface area contributed by atoms with Crippen molar-refractivity contribution in [2.75, 3.05) is 34.0 Å². The Bertz CT molecular complexity index is 379. The predicted octanol–water partition coefficient (Wildman–Crippen LogP) is 2.19. The fourth-order valence-electron chi connectivity index (χ4n) is 1.23. The maximum absolute atomic E-state index is 11.7. The Kier molecular flexibility index (Phi) is 5.97. The Morgan fingerprint density at radius 1 is 1.29 bits per heavy atom. The molecule has 0 aromatic heterocycles. The van der Waals surface area contributed by atoms with Gasteiger partial charge in [-0.15, -0.1) is 0 Å². The molecule has 94 valence electrons. The first-order valence-electron chi connectivity index (χ1n) is 5.12. The van der Waals surface area contributed by atoms with E-state index in [1.54, 1.807) is 25.3 Å². The van der Waals surface area contributed by atoms with Gasteiger partial charge in [-0.2, -0.15) is 0 Å². The van der Waals surface area contributed by atoms with Gasteiger partial charge in [0, 0.05) is 12.7 Å². The minimum absolute atomic E-state index is 0.0199. The van der Waals surface area contributed by atoms with Crippen LogP contribution in [0.25, 0.3) is 0 Å². The zero-order valence-electron chi connectivity index (χ0n) is 9.86. The number of ketones is 1. The van der Waals surface area contributed by atoms with Crippen molar-refractivity contribution in [3.63, 3.8) is 0 Å². The Labute approximate surface area is 105 Å². The van der Waals surface area contributed by atoms with Gasteiger partial charge in [-0.25, -0.2) is 0 Å². The molecule has 0 spiro atoms. The lowest BCUT2D eigenvalue weighted by atomic mass is 10.1. The van der Waals surface area contributed by atoms with Crippen molar-refractivity contribution in [3.8, 4) is 5.75 Å². The Morgan fingerprint density at radius 2 is 2.06 bits per heavy atom. The first-order valence-corrected chi connectivity index (χ1v) is 5.50. The van der Waals surface area contributed by atoms with Crippen molar-refractivity contribution in [1.82, 2.24) is 0 Å². The van der Waals surface area contributed by atoms with Crippen LogP contribution in [0.5, 0.6) is 5.75 Å². The number of hydrogen-bond donors (Lipinski definition) is 0.